The van der Waals surface area contributed by atoms with Crippen molar-refractivity contribution in [2.45, 2.75) is 0 Å². The second-order valence-electron chi connectivity index (χ2n) is 6.39. The lowest BCUT2D eigenvalue weighted by Crippen LogP contribution is -2.34. The van der Waals surface area contributed by atoms with E-state index in [4.69, 9.17) is 28.2 Å². The number of nitrogens with one attached hydrogen (secondary N) is 2. The maximum atomic E-state index is 12.4. The molecule has 0 saturated heterocycles. The Morgan fingerprint density at radius 1 is 1.10 bits per heavy atom. The highest BCUT2D eigenvalue weighted by atomic mass is 35.5. The van der Waals surface area contributed by atoms with Crippen LogP contribution in [0.3, 0.4) is 0 Å². The summed E-state index contributed by atoms with van der Waals surface area (Å²) >= 11 is 11.2. The van der Waals surface area contributed by atoms with Crippen LogP contribution in [0.25, 0.3) is 22.6 Å². The highest BCUT2D eigenvalue weighted by Gasteiger charge is 2.20. The molecule has 10 heteroatoms. The van der Waals surface area contributed by atoms with E-state index >= 15 is 0 Å². The van der Waals surface area contributed by atoms with E-state index in [1.165, 1.54) is 24.3 Å². The predicted molar refractivity (Wildman–Crippen MR) is 121 cm³/mol. The van der Waals surface area contributed by atoms with E-state index in [1.54, 1.807) is 36.4 Å². The van der Waals surface area contributed by atoms with Crippen molar-refractivity contribution in [3.05, 3.63) is 87.4 Å². The number of fused-ring (bicyclic) bond motifs is 1. The summed E-state index contributed by atoms with van der Waals surface area (Å²) in [6.07, 6.45) is 0. The Morgan fingerprint density at radius 2 is 1.90 bits per heavy atom. The molecule has 0 aliphatic heterocycles. The first-order valence-electron chi connectivity index (χ1n) is 8.93. The number of benzene rings is 3. The van der Waals surface area contributed by atoms with Gasteiger partial charge in [0.25, 0.3) is 11.6 Å². The van der Waals surface area contributed by atoms with Gasteiger partial charge in [-0.2, -0.15) is 0 Å². The van der Waals surface area contributed by atoms with Crippen LogP contribution in [0.15, 0.2) is 71.1 Å². The van der Waals surface area contributed by atoms with Crippen molar-refractivity contribution in [1.82, 2.24) is 10.3 Å². The summed E-state index contributed by atoms with van der Waals surface area (Å²) in [6.45, 7) is 0. The molecule has 0 aliphatic carbocycles. The average molecular weight is 453 g/mol. The van der Waals surface area contributed by atoms with E-state index in [0.29, 0.717) is 33.3 Å². The molecular formula is C21H13ClN4O4S. The summed E-state index contributed by atoms with van der Waals surface area (Å²) < 4.78 is 5.76. The number of nitro groups is 1. The maximum Gasteiger partial charge on any atom is 0.282 e. The van der Waals surface area contributed by atoms with Gasteiger partial charge in [-0.05, 0) is 54.7 Å². The normalized spacial score (nSPS) is 10.6. The topological polar surface area (TPSA) is 110 Å². The zero-order chi connectivity index (χ0) is 22.0. The molecule has 0 unspecified atom stereocenters. The Morgan fingerprint density at radius 3 is 2.71 bits per heavy atom. The average Bonchev–Trinajstić information content (AvgIpc) is 3.17. The molecule has 1 aromatic heterocycles. The van der Waals surface area contributed by atoms with Crippen molar-refractivity contribution >= 4 is 57.3 Å². The van der Waals surface area contributed by atoms with Crippen LogP contribution in [0.2, 0.25) is 5.02 Å². The van der Waals surface area contributed by atoms with Crippen molar-refractivity contribution in [2.75, 3.05) is 5.32 Å². The van der Waals surface area contributed by atoms with Gasteiger partial charge in [-0.25, -0.2) is 4.98 Å². The number of hydrogen-bond donors (Lipinski definition) is 2. The molecule has 0 bridgehead atoms. The van der Waals surface area contributed by atoms with Crippen LogP contribution in [0, 0.1) is 10.1 Å². The van der Waals surface area contributed by atoms with Gasteiger partial charge in [0.05, 0.1) is 4.92 Å². The lowest BCUT2D eigenvalue weighted by Gasteiger charge is -2.10. The molecular weight excluding hydrogens is 440 g/mol. The summed E-state index contributed by atoms with van der Waals surface area (Å²) in [5.74, 6) is -0.285. The highest BCUT2D eigenvalue weighted by molar-refractivity contribution is 7.80. The molecule has 154 valence electrons. The molecule has 8 nitrogen and oxygen atoms in total. The SMILES string of the molecule is O=C(NC(=S)Nc1cccc(-c2nc3cc(Cl)ccc3o2)c1)c1ccccc1[N+](=O)[O-]. The van der Waals surface area contributed by atoms with E-state index in [9.17, 15) is 14.9 Å². The number of carbonyl (C=O) groups is 1. The number of nitro benzene ring substituents is 1. The van der Waals surface area contributed by atoms with E-state index in [2.05, 4.69) is 15.6 Å². The third kappa shape index (κ3) is 4.52. The summed E-state index contributed by atoms with van der Waals surface area (Å²) in [6, 6.07) is 17.9. The van der Waals surface area contributed by atoms with Crippen molar-refractivity contribution in [2.24, 2.45) is 0 Å². The van der Waals surface area contributed by atoms with Gasteiger partial charge in [0, 0.05) is 22.3 Å². The summed E-state index contributed by atoms with van der Waals surface area (Å²) in [5.41, 5.74) is 2.10. The van der Waals surface area contributed by atoms with Gasteiger partial charge in [0.2, 0.25) is 5.89 Å². The number of para-hydroxylation sites is 1. The van der Waals surface area contributed by atoms with Gasteiger partial charge < -0.3 is 9.73 Å². The molecule has 3 aromatic carbocycles. The molecule has 0 spiro atoms. The Balaban J connectivity index is 1.50. The zero-order valence-electron chi connectivity index (χ0n) is 15.7. The third-order valence-corrected chi connectivity index (χ3v) is 4.73. The van der Waals surface area contributed by atoms with Gasteiger partial charge in [-0.15, -0.1) is 0 Å². The van der Waals surface area contributed by atoms with E-state index < -0.39 is 10.8 Å². The van der Waals surface area contributed by atoms with Crippen LogP contribution < -0.4 is 10.6 Å². The maximum absolute atomic E-state index is 12.4. The fraction of sp³-hybridized carbons (Fsp3) is 0. The van der Waals surface area contributed by atoms with Crippen molar-refractivity contribution in [1.29, 1.82) is 0 Å². The number of aromatic nitrogens is 1. The number of carbonyl (C=O) groups excluding carboxylic acids is 1. The molecule has 0 saturated carbocycles. The summed E-state index contributed by atoms with van der Waals surface area (Å²) in [5, 5.41) is 17.0. The number of anilines is 1. The minimum atomic E-state index is -0.684. The lowest BCUT2D eigenvalue weighted by atomic mass is 10.1. The lowest BCUT2D eigenvalue weighted by molar-refractivity contribution is -0.385. The first-order valence-corrected chi connectivity index (χ1v) is 9.71. The molecule has 0 aliphatic rings. The molecule has 4 aromatic rings. The standard InChI is InChI=1S/C21H13ClN4O4S/c22-13-8-9-18-16(11-13)24-20(30-18)12-4-3-5-14(10-12)23-21(31)25-19(27)15-6-1-2-7-17(15)26(28)29/h1-11H,(H2,23,25,27,31). The van der Waals surface area contributed by atoms with E-state index in [0.717, 1.165) is 0 Å². The number of nitrogens with zero attached hydrogens (tertiary/aromatic N) is 2. The Kier molecular flexibility index (Phi) is 5.61. The zero-order valence-corrected chi connectivity index (χ0v) is 17.2. The number of amides is 1. The molecule has 1 heterocycles. The number of thiocarbonyl (C=S) groups is 1. The minimum Gasteiger partial charge on any atom is -0.436 e. The number of rotatable bonds is 4. The van der Waals surface area contributed by atoms with Crippen LogP contribution >= 0.6 is 23.8 Å². The first kappa shape index (κ1) is 20.5. The second kappa shape index (κ2) is 8.50. The van der Waals surface area contributed by atoms with E-state index in [-0.39, 0.29) is 16.4 Å². The second-order valence-corrected chi connectivity index (χ2v) is 7.24. The fourth-order valence-electron chi connectivity index (χ4n) is 2.91. The Hall–Kier alpha value is -3.82. The number of halogens is 1. The smallest absolute Gasteiger partial charge is 0.282 e. The first-order chi connectivity index (χ1) is 14.9. The van der Waals surface area contributed by atoms with Crippen molar-refractivity contribution in [3.63, 3.8) is 0 Å². The van der Waals surface area contributed by atoms with Crippen LogP contribution in [0.5, 0.6) is 0 Å². The largest absolute Gasteiger partial charge is 0.436 e. The Labute approximate surface area is 186 Å². The van der Waals surface area contributed by atoms with Gasteiger partial charge in [-0.1, -0.05) is 29.8 Å². The van der Waals surface area contributed by atoms with Crippen LogP contribution in [-0.2, 0) is 0 Å². The highest BCUT2D eigenvalue weighted by Crippen LogP contribution is 2.27. The minimum absolute atomic E-state index is 0.00959. The molecule has 2 N–H and O–H groups in total. The van der Waals surface area contributed by atoms with Gasteiger partial charge >= 0.3 is 0 Å². The van der Waals surface area contributed by atoms with Gasteiger partial charge in [-0.3, -0.25) is 20.2 Å². The van der Waals surface area contributed by atoms with Gasteiger partial charge in [0.15, 0.2) is 10.7 Å². The monoisotopic (exact) mass is 452 g/mol. The molecule has 1 amide bonds. The number of oxazole rings is 1. The molecule has 0 atom stereocenters. The predicted octanol–water partition coefficient (Wildman–Crippen LogP) is 5.18. The van der Waals surface area contributed by atoms with Gasteiger partial charge in [0.1, 0.15) is 11.1 Å². The molecule has 0 fully saturated rings. The summed E-state index contributed by atoms with van der Waals surface area (Å²) in [7, 11) is 0. The summed E-state index contributed by atoms with van der Waals surface area (Å²) in [4.78, 5) is 27.3. The van der Waals surface area contributed by atoms with Crippen LogP contribution in [-0.4, -0.2) is 20.9 Å². The quantitative estimate of drug-likeness (QED) is 0.249. The van der Waals surface area contributed by atoms with Crippen molar-refractivity contribution < 1.29 is 14.1 Å². The molecule has 31 heavy (non-hydrogen) atoms. The van der Waals surface area contributed by atoms with Crippen LogP contribution in [0.4, 0.5) is 11.4 Å². The van der Waals surface area contributed by atoms with E-state index in [1.807, 2.05) is 6.07 Å². The fourth-order valence-corrected chi connectivity index (χ4v) is 3.29. The molecule has 0 radical (unpaired) electrons. The Bertz CT molecular complexity index is 1340. The third-order valence-electron chi connectivity index (χ3n) is 4.29. The van der Waals surface area contributed by atoms with Crippen molar-refractivity contribution in [3.8, 4) is 11.5 Å². The number of hydrogen-bond acceptors (Lipinski definition) is 6. The van der Waals surface area contributed by atoms with Crippen LogP contribution in [0.1, 0.15) is 10.4 Å². The molecule has 4 rings (SSSR count).